The fourth-order valence-electron chi connectivity index (χ4n) is 2.31. The molecule has 0 aliphatic heterocycles. The summed E-state index contributed by atoms with van der Waals surface area (Å²) in [6, 6.07) is 6.30. The monoisotopic (exact) mass is 224 g/mol. The second kappa shape index (κ2) is 4.31. The standard InChI is InChI=1S/C12H17ClN2/c1-15(10-4-2-3-5-10)12-8-9(13)6-7-11(12)14/h6-8,10H,2-5,14H2,1H3. The van der Waals surface area contributed by atoms with Crippen molar-refractivity contribution >= 4 is 23.0 Å². The Bertz CT molecular complexity index is 345. The minimum absolute atomic E-state index is 0.630. The molecule has 0 unspecified atom stereocenters. The fraction of sp³-hybridized carbons (Fsp3) is 0.500. The van der Waals surface area contributed by atoms with Crippen molar-refractivity contribution in [2.45, 2.75) is 31.7 Å². The van der Waals surface area contributed by atoms with Gasteiger partial charge < -0.3 is 10.6 Å². The van der Waals surface area contributed by atoms with E-state index in [1.807, 2.05) is 18.2 Å². The van der Waals surface area contributed by atoms with E-state index in [9.17, 15) is 0 Å². The molecule has 1 fully saturated rings. The van der Waals surface area contributed by atoms with Crippen molar-refractivity contribution in [1.82, 2.24) is 0 Å². The maximum absolute atomic E-state index is 5.99. The molecule has 0 bridgehead atoms. The van der Waals surface area contributed by atoms with Crippen LogP contribution in [0.1, 0.15) is 25.7 Å². The van der Waals surface area contributed by atoms with Gasteiger partial charge in [0.25, 0.3) is 0 Å². The zero-order valence-electron chi connectivity index (χ0n) is 9.04. The van der Waals surface area contributed by atoms with Crippen LogP contribution in [0.3, 0.4) is 0 Å². The Morgan fingerprint density at radius 3 is 2.67 bits per heavy atom. The molecule has 82 valence electrons. The molecule has 0 radical (unpaired) electrons. The quantitative estimate of drug-likeness (QED) is 0.782. The molecule has 0 atom stereocenters. The molecule has 0 amide bonds. The summed E-state index contributed by atoms with van der Waals surface area (Å²) in [6.45, 7) is 0. The van der Waals surface area contributed by atoms with Crippen LogP contribution in [-0.4, -0.2) is 13.1 Å². The van der Waals surface area contributed by atoms with Gasteiger partial charge in [0.2, 0.25) is 0 Å². The van der Waals surface area contributed by atoms with Crippen LogP contribution in [0.2, 0.25) is 5.02 Å². The third-order valence-electron chi connectivity index (χ3n) is 3.24. The van der Waals surface area contributed by atoms with E-state index in [1.54, 1.807) is 0 Å². The number of nitrogen functional groups attached to an aromatic ring is 1. The van der Waals surface area contributed by atoms with Gasteiger partial charge in [-0.25, -0.2) is 0 Å². The highest BCUT2D eigenvalue weighted by atomic mass is 35.5. The fourth-order valence-corrected chi connectivity index (χ4v) is 2.48. The number of hydrogen-bond donors (Lipinski definition) is 1. The largest absolute Gasteiger partial charge is 0.397 e. The van der Waals surface area contributed by atoms with Crippen LogP contribution in [0.5, 0.6) is 0 Å². The van der Waals surface area contributed by atoms with Crippen molar-refractivity contribution < 1.29 is 0 Å². The molecule has 2 nitrogen and oxygen atoms in total. The van der Waals surface area contributed by atoms with Gasteiger partial charge in [-0.1, -0.05) is 24.4 Å². The van der Waals surface area contributed by atoms with Crippen LogP contribution < -0.4 is 10.6 Å². The number of anilines is 2. The SMILES string of the molecule is CN(c1cc(Cl)ccc1N)C1CCCC1. The minimum Gasteiger partial charge on any atom is -0.397 e. The van der Waals surface area contributed by atoms with E-state index in [-0.39, 0.29) is 0 Å². The van der Waals surface area contributed by atoms with Gasteiger partial charge >= 0.3 is 0 Å². The molecule has 0 aromatic heterocycles. The Balaban J connectivity index is 2.23. The lowest BCUT2D eigenvalue weighted by Gasteiger charge is -2.27. The molecule has 3 heteroatoms. The molecule has 1 aromatic rings. The molecule has 2 N–H and O–H groups in total. The van der Waals surface area contributed by atoms with Gasteiger partial charge in [0.1, 0.15) is 0 Å². The zero-order valence-corrected chi connectivity index (χ0v) is 9.80. The molecule has 0 spiro atoms. The summed E-state index contributed by atoms with van der Waals surface area (Å²) < 4.78 is 0. The molecule has 1 aliphatic carbocycles. The highest BCUT2D eigenvalue weighted by Gasteiger charge is 2.21. The molecular weight excluding hydrogens is 208 g/mol. The third-order valence-corrected chi connectivity index (χ3v) is 3.48. The average Bonchev–Trinajstić information content (AvgIpc) is 2.74. The number of halogens is 1. The van der Waals surface area contributed by atoms with Gasteiger partial charge in [-0.2, -0.15) is 0 Å². The Hall–Kier alpha value is -0.890. The van der Waals surface area contributed by atoms with Gasteiger partial charge in [-0.15, -0.1) is 0 Å². The summed E-state index contributed by atoms with van der Waals surface area (Å²) in [5.74, 6) is 0. The number of nitrogens with zero attached hydrogens (tertiary/aromatic N) is 1. The summed E-state index contributed by atoms with van der Waals surface area (Å²) in [7, 11) is 2.11. The van der Waals surface area contributed by atoms with E-state index in [4.69, 9.17) is 17.3 Å². The first-order valence-corrected chi connectivity index (χ1v) is 5.84. The Morgan fingerprint density at radius 1 is 1.33 bits per heavy atom. The molecular formula is C12H17ClN2. The number of rotatable bonds is 2. The first-order chi connectivity index (χ1) is 7.18. The predicted octanol–water partition coefficient (Wildman–Crippen LogP) is 3.30. The molecule has 1 saturated carbocycles. The number of hydrogen-bond acceptors (Lipinski definition) is 2. The summed E-state index contributed by atoms with van der Waals surface area (Å²) >= 11 is 5.99. The predicted molar refractivity (Wildman–Crippen MR) is 66.5 cm³/mol. The van der Waals surface area contributed by atoms with Crippen LogP contribution in [-0.2, 0) is 0 Å². The van der Waals surface area contributed by atoms with Gasteiger partial charge in [0, 0.05) is 18.1 Å². The summed E-state index contributed by atoms with van der Waals surface area (Å²) in [5, 5.41) is 0.754. The lowest BCUT2D eigenvalue weighted by atomic mass is 10.2. The van der Waals surface area contributed by atoms with Gasteiger partial charge in [-0.05, 0) is 31.0 Å². The second-order valence-electron chi connectivity index (χ2n) is 4.25. The molecule has 1 aromatic carbocycles. The summed E-state index contributed by atoms with van der Waals surface area (Å²) in [5.41, 5.74) is 7.84. The number of benzene rings is 1. The second-order valence-corrected chi connectivity index (χ2v) is 4.69. The molecule has 15 heavy (non-hydrogen) atoms. The topological polar surface area (TPSA) is 29.3 Å². The van der Waals surface area contributed by atoms with Crippen LogP contribution in [0.15, 0.2) is 18.2 Å². The molecule has 0 saturated heterocycles. The smallest absolute Gasteiger partial charge is 0.0614 e. The lowest BCUT2D eigenvalue weighted by Crippen LogP contribution is -2.29. The van der Waals surface area contributed by atoms with Crippen molar-refractivity contribution in [1.29, 1.82) is 0 Å². The normalized spacial score (nSPS) is 16.9. The summed E-state index contributed by atoms with van der Waals surface area (Å²) in [6.07, 6.45) is 5.19. The van der Waals surface area contributed by atoms with Gasteiger partial charge in [0.05, 0.1) is 11.4 Å². The van der Waals surface area contributed by atoms with Crippen LogP contribution in [0.4, 0.5) is 11.4 Å². The van der Waals surface area contributed by atoms with Crippen molar-refractivity contribution in [2.75, 3.05) is 17.7 Å². The van der Waals surface area contributed by atoms with Crippen molar-refractivity contribution in [3.05, 3.63) is 23.2 Å². The highest BCUT2D eigenvalue weighted by Crippen LogP contribution is 2.32. The van der Waals surface area contributed by atoms with E-state index in [0.29, 0.717) is 6.04 Å². The molecule has 2 rings (SSSR count). The minimum atomic E-state index is 0.630. The Kier molecular flexibility index (Phi) is 3.06. The van der Waals surface area contributed by atoms with E-state index < -0.39 is 0 Å². The average molecular weight is 225 g/mol. The summed E-state index contributed by atoms with van der Waals surface area (Å²) in [4.78, 5) is 2.27. The van der Waals surface area contributed by atoms with Gasteiger partial charge in [-0.3, -0.25) is 0 Å². The Labute approximate surface area is 96.0 Å². The first kappa shape index (κ1) is 10.6. The van der Waals surface area contributed by atoms with Crippen molar-refractivity contribution in [3.8, 4) is 0 Å². The van der Waals surface area contributed by atoms with Crippen LogP contribution >= 0.6 is 11.6 Å². The van der Waals surface area contributed by atoms with E-state index >= 15 is 0 Å². The van der Waals surface area contributed by atoms with Crippen molar-refractivity contribution in [2.24, 2.45) is 0 Å². The zero-order chi connectivity index (χ0) is 10.8. The third kappa shape index (κ3) is 2.20. The van der Waals surface area contributed by atoms with Crippen LogP contribution in [0, 0.1) is 0 Å². The number of nitrogens with two attached hydrogens (primary N) is 1. The molecule has 0 heterocycles. The van der Waals surface area contributed by atoms with Gasteiger partial charge in [0.15, 0.2) is 0 Å². The van der Waals surface area contributed by atoms with E-state index in [0.717, 1.165) is 16.4 Å². The maximum atomic E-state index is 5.99. The first-order valence-electron chi connectivity index (χ1n) is 5.46. The van der Waals surface area contributed by atoms with E-state index in [2.05, 4.69) is 11.9 Å². The maximum Gasteiger partial charge on any atom is 0.0614 e. The van der Waals surface area contributed by atoms with Crippen LogP contribution in [0.25, 0.3) is 0 Å². The molecule has 1 aliphatic rings. The Morgan fingerprint density at radius 2 is 2.00 bits per heavy atom. The van der Waals surface area contributed by atoms with E-state index in [1.165, 1.54) is 25.7 Å². The van der Waals surface area contributed by atoms with Crippen molar-refractivity contribution in [3.63, 3.8) is 0 Å². The lowest BCUT2D eigenvalue weighted by molar-refractivity contribution is 0.654. The highest BCUT2D eigenvalue weighted by molar-refractivity contribution is 6.31.